The lowest BCUT2D eigenvalue weighted by molar-refractivity contribution is 0.0949. The molecule has 0 saturated heterocycles. The van der Waals surface area contributed by atoms with Crippen LogP contribution in [-0.4, -0.2) is 41.2 Å². The van der Waals surface area contributed by atoms with Gasteiger partial charge in [-0.25, -0.2) is 13.2 Å². The standard InChI is InChI=1S/C22H27N3O5S/c1-5-31(29,30)17-8-6-15(7-9-17)11-24-21(26)16-10-18-14(4)25(22(27)28)20(13(2)3)19(18)23-12-16/h6-10,12-14,20H,5,11H2,1-4H3,(H,24,26)(H,27,28)/t14?,20-/m0/s1. The topological polar surface area (TPSA) is 117 Å². The fraction of sp³-hybridized carbons (Fsp3) is 0.409. The molecule has 0 bridgehead atoms. The summed E-state index contributed by atoms with van der Waals surface area (Å²) < 4.78 is 23.8. The largest absolute Gasteiger partial charge is 0.465 e. The molecule has 1 aliphatic rings. The summed E-state index contributed by atoms with van der Waals surface area (Å²) in [5, 5.41) is 12.4. The van der Waals surface area contributed by atoms with Gasteiger partial charge in [-0.05, 0) is 42.2 Å². The molecule has 2 aromatic rings. The highest BCUT2D eigenvalue weighted by Gasteiger charge is 2.42. The summed E-state index contributed by atoms with van der Waals surface area (Å²) in [4.78, 5) is 30.5. The fourth-order valence-corrected chi connectivity index (χ4v) is 4.79. The number of amides is 2. The quantitative estimate of drug-likeness (QED) is 0.702. The van der Waals surface area contributed by atoms with Gasteiger partial charge in [-0.3, -0.25) is 14.7 Å². The number of rotatable bonds is 6. The zero-order valence-corrected chi connectivity index (χ0v) is 18.8. The Bertz CT molecular complexity index is 1100. The Balaban J connectivity index is 1.75. The molecule has 1 unspecified atom stereocenters. The van der Waals surface area contributed by atoms with Crippen molar-refractivity contribution in [2.24, 2.45) is 5.92 Å². The van der Waals surface area contributed by atoms with Gasteiger partial charge in [0.2, 0.25) is 0 Å². The third-order valence-corrected chi connectivity index (χ3v) is 7.38. The van der Waals surface area contributed by atoms with Gasteiger partial charge in [0.15, 0.2) is 9.84 Å². The third kappa shape index (κ3) is 4.41. The van der Waals surface area contributed by atoms with Crippen molar-refractivity contribution in [1.82, 2.24) is 15.2 Å². The van der Waals surface area contributed by atoms with Crippen LogP contribution >= 0.6 is 0 Å². The van der Waals surface area contributed by atoms with Crippen LogP contribution in [0.1, 0.15) is 67.0 Å². The van der Waals surface area contributed by atoms with Crippen LogP contribution in [0.15, 0.2) is 41.4 Å². The monoisotopic (exact) mass is 445 g/mol. The molecule has 31 heavy (non-hydrogen) atoms. The van der Waals surface area contributed by atoms with Crippen molar-refractivity contribution in [2.75, 3.05) is 5.75 Å². The smallest absolute Gasteiger partial charge is 0.408 e. The van der Waals surface area contributed by atoms with Crippen LogP contribution in [0.25, 0.3) is 0 Å². The summed E-state index contributed by atoms with van der Waals surface area (Å²) in [7, 11) is -3.26. The fourth-order valence-electron chi connectivity index (χ4n) is 3.91. The van der Waals surface area contributed by atoms with Crippen LogP contribution in [0, 0.1) is 5.92 Å². The normalized spacial score (nSPS) is 18.2. The van der Waals surface area contributed by atoms with Crippen molar-refractivity contribution in [1.29, 1.82) is 0 Å². The number of sulfone groups is 1. The molecule has 9 heteroatoms. The minimum Gasteiger partial charge on any atom is -0.465 e. The molecule has 3 rings (SSSR count). The van der Waals surface area contributed by atoms with E-state index in [9.17, 15) is 23.1 Å². The van der Waals surface area contributed by atoms with Gasteiger partial charge in [0.05, 0.1) is 34.0 Å². The molecule has 0 saturated carbocycles. The van der Waals surface area contributed by atoms with E-state index in [1.165, 1.54) is 23.2 Å². The van der Waals surface area contributed by atoms with E-state index in [4.69, 9.17) is 0 Å². The van der Waals surface area contributed by atoms with Crippen LogP contribution in [0.3, 0.4) is 0 Å². The molecule has 166 valence electrons. The number of carbonyl (C=O) groups excluding carboxylic acids is 1. The molecular weight excluding hydrogens is 418 g/mol. The first-order valence-corrected chi connectivity index (χ1v) is 11.8. The maximum Gasteiger partial charge on any atom is 0.408 e. The highest BCUT2D eigenvalue weighted by molar-refractivity contribution is 7.91. The Morgan fingerprint density at radius 1 is 1.23 bits per heavy atom. The zero-order chi connectivity index (χ0) is 22.9. The van der Waals surface area contributed by atoms with Gasteiger partial charge in [-0.15, -0.1) is 0 Å². The van der Waals surface area contributed by atoms with E-state index >= 15 is 0 Å². The second-order valence-corrected chi connectivity index (χ2v) is 10.3. The van der Waals surface area contributed by atoms with E-state index in [1.807, 2.05) is 13.8 Å². The summed E-state index contributed by atoms with van der Waals surface area (Å²) >= 11 is 0. The van der Waals surface area contributed by atoms with Crippen molar-refractivity contribution in [3.63, 3.8) is 0 Å². The second-order valence-electron chi connectivity index (χ2n) is 7.98. The molecule has 1 aliphatic heterocycles. The number of aromatic nitrogens is 1. The highest BCUT2D eigenvalue weighted by Crippen LogP contribution is 2.44. The number of carboxylic acid groups (broad SMARTS) is 1. The number of pyridine rings is 1. The van der Waals surface area contributed by atoms with E-state index in [2.05, 4.69) is 10.3 Å². The van der Waals surface area contributed by atoms with Crippen molar-refractivity contribution < 1.29 is 23.1 Å². The molecule has 2 heterocycles. The maximum atomic E-state index is 12.7. The minimum absolute atomic E-state index is 0.0316. The summed E-state index contributed by atoms with van der Waals surface area (Å²) in [6, 6.07) is 7.37. The zero-order valence-electron chi connectivity index (χ0n) is 18.0. The predicted molar refractivity (Wildman–Crippen MR) is 115 cm³/mol. The number of hydrogen-bond donors (Lipinski definition) is 2. The molecule has 1 aromatic carbocycles. The third-order valence-electron chi connectivity index (χ3n) is 5.63. The Hall–Kier alpha value is -2.94. The van der Waals surface area contributed by atoms with Crippen molar-refractivity contribution in [3.8, 4) is 0 Å². The Kier molecular flexibility index (Phi) is 6.35. The highest BCUT2D eigenvalue weighted by atomic mass is 32.2. The maximum absolute atomic E-state index is 12.7. The minimum atomic E-state index is -3.26. The Morgan fingerprint density at radius 3 is 2.42 bits per heavy atom. The van der Waals surface area contributed by atoms with Crippen LogP contribution in [0.4, 0.5) is 4.79 Å². The molecule has 0 aliphatic carbocycles. The molecule has 2 N–H and O–H groups in total. The van der Waals surface area contributed by atoms with Gasteiger partial charge in [-0.2, -0.15) is 0 Å². The van der Waals surface area contributed by atoms with Crippen LogP contribution < -0.4 is 5.32 Å². The predicted octanol–water partition coefficient (Wildman–Crippen LogP) is 3.56. The number of hydrogen-bond acceptors (Lipinski definition) is 5. The Labute approximate surface area is 182 Å². The average Bonchev–Trinajstić information content (AvgIpc) is 3.04. The van der Waals surface area contributed by atoms with Crippen molar-refractivity contribution in [2.45, 2.75) is 51.2 Å². The number of carbonyl (C=O) groups is 2. The van der Waals surface area contributed by atoms with Gasteiger partial charge in [0, 0.05) is 12.7 Å². The van der Waals surface area contributed by atoms with Gasteiger partial charge in [0.25, 0.3) is 5.91 Å². The molecule has 2 amide bonds. The van der Waals surface area contributed by atoms with E-state index < -0.39 is 22.0 Å². The first-order chi connectivity index (χ1) is 14.6. The van der Waals surface area contributed by atoms with Gasteiger partial charge < -0.3 is 10.4 Å². The van der Waals surface area contributed by atoms with Crippen LogP contribution in [0.2, 0.25) is 0 Å². The van der Waals surface area contributed by atoms with Crippen LogP contribution in [-0.2, 0) is 16.4 Å². The van der Waals surface area contributed by atoms with Crippen molar-refractivity contribution in [3.05, 3.63) is 58.9 Å². The van der Waals surface area contributed by atoms with E-state index in [0.29, 0.717) is 11.3 Å². The first kappa shape index (κ1) is 22.7. The van der Waals surface area contributed by atoms with Gasteiger partial charge in [-0.1, -0.05) is 32.9 Å². The first-order valence-electron chi connectivity index (χ1n) is 10.2. The lowest BCUT2D eigenvalue weighted by Gasteiger charge is -2.28. The van der Waals surface area contributed by atoms with E-state index in [1.54, 1.807) is 32.0 Å². The van der Waals surface area contributed by atoms with Crippen LogP contribution in [0.5, 0.6) is 0 Å². The molecular formula is C22H27N3O5S. The van der Waals surface area contributed by atoms with Gasteiger partial charge in [0.1, 0.15) is 0 Å². The molecule has 0 fully saturated rings. The molecule has 8 nitrogen and oxygen atoms in total. The molecule has 2 atom stereocenters. The average molecular weight is 446 g/mol. The summed E-state index contributed by atoms with van der Waals surface area (Å²) in [5.41, 5.74) is 2.55. The number of fused-ring (bicyclic) bond motifs is 1. The Morgan fingerprint density at radius 2 is 1.87 bits per heavy atom. The number of nitrogens with one attached hydrogen (secondary N) is 1. The lowest BCUT2D eigenvalue weighted by Crippen LogP contribution is -2.33. The van der Waals surface area contributed by atoms with E-state index in [-0.39, 0.29) is 35.1 Å². The molecule has 1 aromatic heterocycles. The SMILES string of the molecule is CCS(=O)(=O)c1ccc(CNC(=O)c2cnc3c(c2)C(C)N(C(=O)O)[C@H]3C(C)C)cc1. The molecule has 0 spiro atoms. The number of nitrogens with zero attached hydrogens (tertiary/aromatic N) is 2. The van der Waals surface area contributed by atoms with E-state index in [0.717, 1.165) is 11.1 Å². The summed E-state index contributed by atoms with van der Waals surface area (Å²) in [6.45, 7) is 7.51. The summed E-state index contributed by atoms with van der Waals surface area (Å²) in [5.74, 6) is -0.252. The lowest BCUT2D eigenvalue weighted by atomic mass is 9.99. The van der Waals surface area contributed by atoms with Crippen molar-refractivity contribution >= 4 is 21.8 Å². The second kappa shape index (κ2) is 8.66. The number of benzene rings is 1. The van der Waals surface area contributed by atoms with Gasteiger partial charge >= 0.3 is 6.09 Å². The molecule has 0 radical (unpaired) electrons. The summed E-state index contributed by atoms with van der Waals surface area (Å²) in [6.07, 6.45) is 0.460.